The van der Waals surface area contributed by atoms with E-state index in [1.165, 1.54) is 29.8 Å². The summed E-state index contributed by atoms with van der Waals surface area (Å²) in [5.41, 5.74) is 6.44. The van der Waals surface area contributed by atoms with Crippen molar-refractivity contribution >= 4 is 27.3 Å². The molecule has 0 saturated carbocycles. The Kier molecular flexibility index (Phi) is 3.98. The van der Waals surface area contributed by atoms with Crippen LogP contribution in [0.4, 0.5) is 5.69 Å². The van der Waals surface area contributed by atoms with Crippen LogP contribution in [0.3, 0.4) is 0 Å². The zero-order valence-electron chi connectivity index (χ0n) is 11.0. The number of nitrogen functional groups attached to an aromatic ring is 1. The lowest BCUT2D eigenvalue weighted by atomic mass is 10.2. The quantitative estimate of drug-likeness (QED) is 0.824. The largest absolute Gasteiger partial charge is 0.397 e. The maximum absolute atomic E-state index is 12.5. The Hall–Kier alpha value is -1.64. The van der Waals surface area contributed by atoms with E-state index in [2.05, 4.69) is 15.2 Å². The molecule has 1 aromatic carbocycles. The fourth-order valence-corrected chi connectivity index (χ4v) is 3.31. The number of aromatic nitrogens is 3. The van der Waals surface area contributed by atoms with Crippen molar-refractivity contribution in [1.29, 1.82) is 0 Å². The van der Waals surface area contributed by atoms with E-state index in [-0.39, 0.29) is 17.1 Å². The molecule has 0 aliphatic carbocycles. The van der Waals surface area contributed by atoms with Gasteiger partial charge in [-0.3, -0.25) is 5.10 Å². The van der Waals surface area contributed by atoms with Gasteiger partial charge in [0, 0.05) is 7.05 Å². The highest BCUT2D eigenvalue weighted by Crippen LogP contribution is 2.28. The number of rotatable bonds is 4. The first-order chi connectivity index (χ1) is 9.32. The Morgan fingerprint density at radius 2 is 2.15 bits per heavy atom. The van der Waals surface area contributed by atoms with Gasteiger partial charge in [0.2, 0.25) is 10.0 Å². The van der Waals surface area contributed by atoms with Crippen molar-refractivity contribution in [3.05, 3.63) is 34.9 Å². The molecule has 20 heavy (non-hydrogen) atoms. The zero-order chi connectivity index (χ0) is 14.9. The lowest BCUT2D eigenvalue weighted by Crippen LogP contribution is -2.27. The van der Waals surface area contributed by atoms with Gasteiger partial charge in [0.05, 0.1) is 22.2 Å². The van der Waals surface area contributed by atoms with Crippen molar-refractivity contribution < 1.29 is 8.42 Å². The van der Waals surface area contributed by atoms with Gasteiger partial charge in [0.15, 0.2) is 0 Å². The molecular formula is C11H14ClN5O2S. The molecule has 0 fully saturated rings. The standard InChI is InChI=1S/C11H14ClN5O2S/c1-7-3-8(12)9(13)4-10(7)20(18,19)17(2)5-11-14-6-15-16-11/h3-4,6H,5,13H2,1-2H3,(H,14,15,16). The molecule has 3 N–H and O–H groups in total. The second-order valence-corrected chi connectivity index (χ2v) is 6.75. The molecule has 9 heteroatoms. The first kappa shape index (κ1) is 14.8. The maximum atomic E-state index is 12.5. The summed E-state index contributed by atoms with van der Waals surface area (Å²) in [7, 11) is -2.22. The number of nitrogens with zero attached hydrogens (tertiary/aromatic N) is 3. The number of nitrogens with one attached hydrogen (secondary N) is 1. The van der Waals surface area contributed by atoms with E-state index in [1.54, 1.807) is 6.92 Å². The van der Waals surface area contributed by atoms with Crippen LogP contribution in [0, 0.1) is 6.92 Å². The van der Waals surface area contributed by atoms with Crippen LogP contribution in [0.1, 0.15) is 11.4 Å². The summed E-state index contributed by atoms with van der Waals surface area (Å²) in [6.07, 6.45) is 1.32. The van der Waals surface area contributed by atoms with E-state index in [4.69, 9.17) is 17.3 Å². The number of anilines is 1. The number of H-pyrrole nitrogens is 1. The molecule has 0 spiro atoms. The molecule has 0 radical (unpaired) electrons. The molecule has 2 rings (SSSR count). The summed E-state index contributed by atoms with van der Waals surface area (Å²) in [5, 5.41) is 6.62. The second-order valence-electron chi connectivity index (χ2n) is 4.33. The van der Waals surface area contributed by atoms with Gasteiger partial charge in [-0.1, -0.05) is 11.6 Å². The van der Waals surface area contributed by atoms with Crippen LogP contribution in [0.25, 0.3) is 0 Å². The number of sulfonamides is 1. The topological polar surface area (TPSA) is 105 Å². The zero-order valence-corrected chi connectivity index (χ0v) is 12.5. The molecule has 0 saturated heterocycles. The fraction of sp³-hybridized carbons (Fsp3) is 0.273. The molecule has 0 aliphatic heterocycles. The summed E-state index contributed by atoms with van der Waals surface area (Å²) in [6, 6.07) is 2.90. The molecular weight excluding hydrogens is 302 g/mol. The van der Waals surface area contributed by atoms with Crippen LogP contribution in [0.15, 0.2) is 23.4 Å². The predicted octanol–water partition coefficient (Wildman–Crippen LogP) is 1.17. The van der Waals surface area contributed by atoms with Gasteiger partial charge in [-0.15, -0.1) is 0 Å². The minimum atomic E-state index is -3.68. The summed E-state index contributed by atoms with van der Waals surface area (Å²) in [6.45, 7) is 1.75. The third-order valence-electron chi connectivity index (χ3n) is 2.82. The average Bonchev–Trinajstić information content (AvgIpc) is 2.86. The molecule has 0 bridgehead atoms. The summed E-state index contributed by atoms with van der Waals surface area (Å²) in [4.78, 5) is 4.03. The molecule has 1 heterocycles. The van der Waals surface area contributed by atoms with Crippen LogP contribution in [-0.4, -0.2) is 35.0 Å². The molecule has 7 nitrogen and oxygen atoms in total. The van der Waals surface area contributed by atoms with Crippen molar-refractivity contribution in [3.63, 3.8) is 0 Å². The molecule has 0 atom stereocenters. The van der Waals surface area contributed by atoms with Gasteiger partial charge in [0.1, 0.15) is 12.2 Å². The predicted molar refractivity (Wildman–Crippen MR) is 75.6 cm³/mol. The average molecular weight is 316 g/mol. The Morgan fingerprint density at radius 3 is 2.75 bits per heavy atom. The normalized spacial score (nSPS) is 12.0. The van der Waals surface area contributed by atoms with Gasteiger partial charge >= 0.3 is 0 Å². The minimum absolute atomic E-state index is 0.0876. The lowest BCUT2D eigenvalue weighted by Gasteiger charge is -2.18. The first-order valence-electron chi connectivity index (χ1n) is 5.68. The van der Waals surface area contributed by atoms with E-state index in [0.717, 1.165) is 0 Å². The molecule has 0 aliphatic rings. The third-order valence-corrected chi connectivity index (χ3v) is 5.09. The van der Waals surface area contributed by atoms with Crippen molar-refractivity contribution in [3.8, 4) is 0 Å². The van der Waals surface area contributed by atoms with E-state index < -0.39 is 10.0 Å². The van der Waals surface area contributed by atoms with Crippen LogP contribution < -0.4 is 5.73 Å². The summed E-state index contributed by atoms with van der Waals surface area (Å²) >= 11 is 5.87. The SMILES string of the molecule is Cc1cc(Cl)c(N)cc1S(=O)(=O)N(C)Cc1ncn[nH]1. The number of nitrogens with two attached hydrogens (primary N) is 1. The Balaban J connectivity index is 2.37. The monoisotopic (exact) mass is 315 g/mol. The maximum Gasteiger partial charge on any atom is 0.243 e. The van der Waals surface area contributed by atoms with Crippen molar-refractivity contribution in [1.82, 2.24) is 19.5 Å². The van der Waals surface area contributed by atoms with Crippen LogP contribution in [0.2, 0.25) is 5.02 Å². The van der Waals surface area contributed by atoms with Crippen LogP contribution in [-0.2, 0) is 16.6 Å². The highest BCUT2D eigenvalue weighted by Gasteiger charge is 2.24. The van der Waals surface area contributed by atoms with Gasteiger partial charge in [-0.05, 0) is 24.6 Å². The molecule has 1 aromatic heterocycles. The second kappa shape index (κ2) is 5.39. The number of halogens is 1. The van der Waals surface area contributed by atoms with E-state index >= 15 is 0 Å². The van der Waals surface area contributed by atoms with Gasteiger partial charge in [-0.25, -0.2) is 13.4 Å². The van der Waals surface area contributed by atoms with E-state index in [1.807, 2.05) is 0 Å². The summed E-state index contributed by atoms with van der Waals surface area (Å²) in [5.74, 6) is 0.454. The molecule has 0 unspecified atom stereocenters. The third kappa shape index (κ3) is 2.77. The smallest absolute Gasteiger partial charge is 0.243 e. The van der Waals surface area contributed by atoms with Crippen LogP contribution >= 0.6 is 11.6 Å². The van der Waals surface area contributed by atoms with E-state index in [0.29, 0.717) is 16.4 Å². The fourth-order valence-electron chi connectivity index (χ4n) is 1.72. The van der Waals surface area contributed by atoms with Gasteiger partial charge < -0.3 is 5.73 Å². The highest BCUT2D eigenvalue weighted by atomic mass is 35.5. The van der Waals surface area contributed by atoms with Gasteiger partial charge in [0.25, 0.3) is 0 Å². The number of hydrogen-bond acceptors (Lipinski definition) is 5. The van der Waals surface area contributed by atoms with Crippen molar-refractivity contribution in [2.24, 2.45) is 0 Å². The molecule has 108 valence electrons. The number of aryl methyl sites for hydroxylation is 1. The van der Waals surface area contributed by atoms with Crippen molar-refractivity contribution in [2.75, 3.05) is 12.8 Å². The number of benzene rings is 1. The van der Waals surface area contributed by atoms with Crippen LogP contribution in [0.5, 0.6) is 0 Å². The highest BCUT2D eigenvalue weighted by molar-refractivity contribution is 7.89. The summed E-state index contributed by atoms with van der Waals surface area (Å²) < 4.78 is 26.2. The lowest BCUT2D eigenvalue weighted by molar-refractivity contribution is 0.457. The molecule has 0 amide bonds. The number of hydrogen-bond donors (Lipinski definition) is 2. The Labute approximate surface area is 121 Å². The minimum Gasteiger partial charge on any atom is -0.397 e. The Morgan fingerprint density at radius 1 is 1.45 bits per heavy atom. The van der Waals surface area contributed by atoms with Crippen molar-refractivity contribution in [2.45, 2.75) is 18.4 Å². The van der Waals surface area contributed by atoms with E-state index in [9.17, 15) is 8.42 Å². The van der Waals surface area contributed by atoms with Gasteiger partial charge in [-0.2, -0.15) is 9.40 Å². The Bertz CT molecular complexity index is 715. The molecule has 2 aromatic rings. The number of aromatic amines is 1. The first-order valence-corrected chi connectivity index (χ1v) is 7.50.